The first-order valence-electron chi connectivity index (χ1n) is 5.78. The number of hydrogen-bond acceptors (Lipinski definition) is 4. The molecule has 1 aromatic heterocycles. The van der Waals surface area contributed by atoms with Gasteiger partial charge in [-0.1, -0.05) is 12.1 Å². The van der Waals surface area contributed by atoms with E-state index in [-0.39, 0.29) is 6.04 Å². The Kier molecular flexibility index (Phi) is 4.03. The summed E-state index contributed by atoms with van der Waals surface area (Å²) in [6.45, 7) is 2.03. The quantitative estimate of drug-likeness (QED) is 0.909. The third-order valence-electron chi connectivity index (χ3n) is 2.76. The normalized spacial score (nSPS) is 11.6. The van der Waals surface area contributed by atoms with Crippen molar-refractivity contribution in [2.45, 2.75) is 13.0 Å². The second kappa shape index (κ2) is 5.72. The molecule has 5 heteroatoms. The molecule has 0 bridgehead atoms. The third kappa shape index (κ3) is 3.24. The van der Waals surface area contributed by atoms with Gasteiger partial charge in [-0.3, -0.25) is 0 Å². The molecule has 2 aromatic rings. The van der Waals surface area contributed by atoms with Crippen molar-refractivity contribution in [3.8, 4) is 6.07 Å². The summed E-state index contributed by atoms with van der Waals surface area (Å²) in [4.78, 5) is 4.24. The van der Waals surface area contributed by atoms with Gasteiger partial charge in [-0.2, -0.15) is 5.26 Å². The standard InChI is InChI=1S/C14H13BrN4/c1-9(11-4-2-10(7-16)3-5-11)19-14-13(15)6-12(17)8-18-14/h2-6,8-9H,17H2,1H3,(H,18,19). The topological polar surface area (TPSA) is 74.7 Å². The van der Waals surface area contributed by atoms with E-state index in [0.29, 0.717) is 11.3 Å². The molecule has 0 aliphatic rings. The zero-order valence-corrected chi connectivity index (χ0v) is 12.0. The number of nitrogens with zero attached hydrogens (tertiary/aromatic N) is 2. The summed E-state index contributed by atoms with van der Waals surface area (Å²) in [6.07, 6.45) is 1.61. The van der Waals surface area contributed by atoms with Crippen LogP contribution in [0.3, 0.4) is 0 Å². The van der Waals surface area contributed by atoms with Crippen LogP contribution in [0, 0.1) is 11.3 Å². The average Bonchev–Trinajstić information content (AvgIpc) is 2.42. The van der Waals surface area contributed by atoms with Gasteiger partial charge in [-0.05, 0) is 46.6 Å². The predicted octanol–water partition coefficient (Wildman–Crippen LogP) is 3.47. The second-order valence-corrected chi connectivity index (χ2v) is 5.05. The Morgan fingerprint density at radius 2 is 2.05 bits per heavy atom. The summed E-state index contributed by atoms with van der Waals surface area (Å²) < 4.78 is 0.827. The zero-order valence-electron chi connectivity index (χ0n) is 10.4. The molecule has 4 nitrogen and oxygen atoms in total. The van der Waals surface area contributed by atoms with Crippen molar-refractivity contribution in [3.63, 3.8) is 0 Å². The molecule has 0 amide bonds. The van der Waals surface area contributed by atoms with Gasteiger partial charge >= 0.3 is 0 Å². The molecular weight excluding hydrogens is 304 g/mol. The molecule has 1 atom stereocenters. The van der Waals surface area contributed by atoms with Gasteiger partial charge in [0.05, 0.1) is 28.0 Å². The molecule has 2 rings (SSSR count). The molecule has 96 valence electrons. The number of rotatable bonds is 3. The monoisotopic (exact) mass is 316 g/mol. The van der Waals surface area contributed by atoms with Crippen molar-refractivity contribution in [1.82, 2.24) is 4.98 Å². The number of aromatic nitrogens is 1. The molecule has 0 spiro atoms. The molecule has 0 aliphatic heterocycles. The molecule has 19 heavy (non-hydrogen) atoms. The zero-order chi connectivity index (χ0) is 13.8. The van der Waals surface area contributed by atoms with Crippen molar-refractivity contribution in [2.75, 3.05) is 11.1 Å². The number of anilines is 2. The summed E-state index contributed by atoms with van der Waals surface area (Å²) >= 11 is 3.42. The lowest BCUT2D eigenvalue weighted by atomic mass is 10.1. The lowest BCUT2D eigenvalue weighted by molar-refractivity contribution is 0.873. The molecule has 0 radical (unpaired) electrons. The predicted molar refractivity (Wildman–Crippen MR) is 79.5 cm³/mol. The summed E-state index contributed by atoms with van der Waals surface area (Å²) in [6, 6.07) is 11.5. The second-order valence-electron chi connectivity index (χ2n) is 4.20. The molecule has 0 fully saturated rings. The highest BCUT2D eigenvalue weighted by Gasteiger charge is 2.08. The van der Waals surface area contributed by atoms with Crippen LogP contribution >= 0.6 is 15.9 Å². The Balaban J connectivity index is 2.16. The van der Waals surface area contributed by atoms with Gasteiger partial charge in [0.1, 0.15) is 5.82 Å². The first-order valence-corrected chi connectivity index (χ1v) is 6.57. The minimum Gasteiger partial charge on any atom is -0.397 e. The van der Waals surface area contributed by atoms with Crippen LogP contribution in [-0.4, -0.2) is 4.98 Å². The highest BCUT2D eigenvalue weighted by atomic mass is 79.9. The summed E-state index contributed by atoms with van der Waals surface area (Å²) in [5, 5.41) is 12.1. The maximum atomic E-state index is 8.77. The van der Waals surface area contributed by atoms with E-state index < -0.39 is 0 Å². The van der Waals surface area contributed by atoms with Crippen LogP contribution in [0.1, 0.15) is 24.1 Å². The number of pyridine rings is 1. The van der Waals surface area contributed by atoms with Crippen molar-refractivity contribution in [3.05, 3.63) is 52.1 Å². The Hall–Kier alpha value is -2.06. The first kappa shape index (κ1) is 13.4. The van der Waals surface area contributed by atoms with E-state index in [4.69, 9.17) is 11.0 Å². The van der Waals surface area contributed by atoms with Gasteiger partial charge in [-0.25, -0.2) is 4.98 Å². The van der Waals surface area contributed by atoms with Crippen molar-refractivity contribution in [2.24, 2.45) is 0 Å². The first-order chi connectivity index (χ1) is 9.10. The number of nitrogen functional groups attached to an aromatic ring is 1. The van der Waals surface area contributed by atoms with Gasteiger partial charge in [0.15, 0.2) is 0 Å². The van der Waals surface area contributed by atoms with Crippen molar-refractivity contribution < 1.29 is 0 Å². The highest BCUT2D eigenvalue weighted by molar-refractivity contribution is 9.10. The van der Waals surface area contributed by atoms with Crippen molar-refractivity contribution >= 4 is 27.4 Å². The fourth-order valence-electron chi connectivity index (χ4n) is 1.69. The Bertz CT molecular complexity index is 616. The van der Waals surface area contributed by atoms with E-state index in [9.17, 15) is 0 Å². The Morgan fingerprint density at radius 1 is 1.37 bits per heavy atom. The fourth-order valence-corrected chi connectivity index (χ4v) is 2.17. The van der Waals surface area contributed by atoms with E-state index >= 15 is 0 Å². The van der Waals surface area contributed by atoms with Gasteiger partial charge in [0.2, 0.25) is 0 Å². The fraction of sp³-hybridized carbons (Fsp3) is 0.143. The molecule has 1 unspecified atom stereocenters. The van der Waals surface area contributed by atoms with Crippen LogP contribution in [0.25, 0.3) is 0 Å². The van der Waals surface area contributed by atoms with Crippen LogP contribution in [0.15, 0.2) is 41.0 Å². The smallest absolute Gasteiger partial charge is 0.140 e. The number of hydrogen-bond donors (Lipinski definition) is 2. The summed E-state index contributed by atoms with van der Waals surface area (Å²) in [5.41, 5.74) is 8.01. The van der Waals surface area contributed by atoms with E-state index in [0.717, 1.165) is 15.9 Å². The minimum absolute atomic E-state index is 0.0835. The Labute approximate surface area is 120 Å². The van der Waals surface area contributed by atoms with Gasteiger partial charge < -0.3 is 11.1 Å². The van der Waals surface area contributed by atoms with E-state index in [1.54, 1.807) is 24.4 Å². The molecular formula is C14H13BrN4. The molecule has 0 saturated carbocycles. The highest BCUT2D eigenvalue weighted by Crippen LogP contribution is 2.26. The lowest BCUT2D eigenvalue weighted by Crippen LogP contribution is -2.08. The molecule has 3 N–H and O–H groups in total. The van der Waals surface area contributed by atoms with Crippen LogP contribution in [0.4, 0.5) is 11.5 Å². The van der Waals surface area contributed by atoms with Gasteiger partial charge in [0.25, 0.3) is 0 Å². The van der Waals surface area contributed by atoms with Gasteiger partial charge in [0, 0.05) is 6.04 Å². The van der Waals surface area contributed by atoms with Crippen LogP contribution in [0.2, 0.25) is 0 Å². The van der Waals surface area contributed by atoms with Crippen LogP contribution < -0.4 is 11.1 Å². The number of nitrogens with one attached hydrogen (secondary N) is 1. The third-order valence-corrected chi connectivity index (χ3v) is 3.36. The lowest BCUT2D eigenvalue weighted by Gasteiger charge is -2.16. The largest absolute Gasteiger partial charge is 0.397 e. The maximum Gasteiger partial charge on any atom is 0.140 e. The maximum absolute atomic E-state index is 8.77. The SMILES string of the molecule is CC(Nc1ncc(N)cc1Br)c1ccc(C#N)cc1. The molecule has 1 aromatic carbocycles. The van der Waals surface area contributed by atoms with E-state index in [2.05, 4.69) is 32.3 Å². The average molecular weight is 317 g/mol. The van der Waals surface area contributed by atoms with E-state index in [1.807, 2.05) is 19.1 Å². The minimum atomic E-state index is 0.0835. The molecule has 0 saturated heterocycles. The van der Waals surface area contributed by atoms with Gasteiger partial charge in [-0.15, -0.1) is 0 Å². The Morgan fingerprint density at radius 3 is 2.63 bits per heavy atom. The number of halogens is 1. The van der Waals surface area contributed by atoms with Crippen LogP contribution in [0.5, 0.6) is 0 Å². The van der Waals surface area contributed by atoms with Crippen LogP contribution in [-0.2, 0) is 0 Å². The molecule has 1 heterocycles. The number of benzene rings is 1. The number of nitriles is 1. The van der Waals surface area contributed by atoms with Crippen molar-refractivity contribution in [1.29, 1.82) is 5.26 Å². The summed E-state index contributed by atoms with van der Waals surface area (Å²) in [5.74, 6) is 0.742. The van der Waals surface area contributed by atoms with E-state index in [1.165, 1.54) is 0 Å². The number of nitrogens with two attached hydrogens (primary N) is 1. The molecule has 0 aliphatic carbocycles. The summed E-state index contributed by atoms with van der Waals surface area (Å²) in [7, 11) is 0.